The molecule has 24 heavy (non-hydrogen) atoms. The monoisotopic (exact) mass is 350 g/mol. The summed E-state index contributed by atoms with van der Waals surface area (Å²) in [6.07, 6.45) is 11.7. The molecule has 7 nitrogen and oxygen atoms in total. The van der Waals surface area contributed by atoms with Gasteiger partial charge in [-0.2, -0.15) is 0 Å². The summed E-state index contributed by atoms with van der Waals surface area (Å²) in [6.45, 7) is 6.51. The molecular weight excluding hydrogens is 316 g/mol. The third kappa shape index (κ3) is 50.1. The van der Waals surface area contributed by atoms with Crippen molar-refractivity contribution in [2.45, 2.75) is 57.8 Å². The highest BCUT2D eigenvalue weighted by atomic mass is 16.5. The highest BCUT2D eigenvalue weighted by molar-refractivity contribution is 5.69. The number of aliphatic hydroxyl groups excluding tert-OH is 2. The zero-order chi connectivity index (χ0) is 19.6. The number of hydrogen-bond acceptors (Lipinski definition) is 5. The minimum Gasteiger partial charge on any atom is -0.481 e. The molecule has 0 radical (unpaired) electrons. The average molecular weight is 350 g/mol. The third-order valence-corrected chi connectivity index (χ3v) is 2.47. The van der Waals surface area contributed by atoms with E-state index in [0.717, 1.165) is 14.2 Å². The first kappa shape index (κ1) is 30.1. The molecule has 7 heteroatoms. The Morgan fingerprint density at radius 3 is 1.17 bits per heavy atom. The summed E-state index contributed by atoms with van der Waals surface area (Å²) in [6, 6.07) is 0. The van der Waals surface area contributed by atoms with E-state index in [1.807, 2.05) is 0 Å². The molecular formula is C17H34O7. The van der Waals surface area contributed by atoms with Crippen molar-refractivity contribution in [1.82, 2.24) is 0 Å². The molecule has 0 atom stereocenters. The first-order valence-electron chi connectivity index (χ1n) is 7.74. The van der Waals surface area contributed by atoms with Crippen molar-refractivity contribution in [3.63, 3.8) is 0 Å². The first-order chi connectivity index (χ1) is 11.5. The van der Waals surface area contributed by atoms with Crippen LogP contribution in [0.25, 0.3) is 0 Å². The van der Waals surface area contributed by atoms with Crippen LogP contribution in [0.2, 0.25) is 0 Å². The molecule has 0 aromatic carbocycles. The minimum absolute atomic E-state index is 0.0632. The minimum atomic E-state index is -0.948. The molecule has 0 amide bonds. The lowest BCUT2D eigenvalue weighted by atomic mass is 10.0. The normalized spacial score (nSPS) is 11.0. The van der Waals surface area contributed by atoms with Gasteiger partial charge in [-0.3, -0.25) is 9.59 Å². The van der Waals surface area contributed by atoms with E-state index in [9.17, 15) is 9.59 Å². The molecule has 0 saturated heterocycles. The Hall–Kier alpha value is -1.86. The van der Waals surface area contributed by atoms with Gasteiger partial charge >= 0.3 is 11.9 Å². The summed E-state index contributed by atoms with van der Waals surface area (Å²) >= 11 is 0. The highest BCUT2D eigenvalue weighted by Crippen LogP contribution is 2.15. The Kier molecular flexibility index (Phi) is 41.2. The summed E-state index contributed by atoms with van der Waals surface area (Å²) < 4.78 is 4.36. The maximum absolute atomic E-state index is 9.79. The van der Waals surface area contributed by atoms with Gasteiger partial charge in [0.25, 0.3) is 0 Å². The standard InChI is InChI=1S/C6H12.C5H8O4.C4H6O.2CH4O/c1-2-4-6-5-3-1;6-4(7)2-1-3-5(8)9;1-3-5-4-2;2*1-2/h1-6H2;1-3H2,(H,6,7)(H,8,9);3-4H,1-2H2;2*2H,1H3. The zero-order valence-corrected chi connectivity index (χ0v) is 14.9. The van der Waals surface area contributed by atoms with Crippen molar-refractivity contribution in [3.05, 3.63) is 25.7 Å². The van der Waals surface area contributed by atoms with Crippen LogP contribution in [0.4, 0.5) is 0 Å². The predicted octanol–water partition coefficient (Wildman–Crippen LogP) is 3.17. The SMILES string of the molecule is C1CCCCC1.C=COC=C.CO.CO.O=C(O)CCCC(=O)O. The molecule has 0 unspecified atom stereocenters. The van der Waals surface area contributed by atoms with Gasteiger partial charge in [-0.1, -0.05) is 51.7 Å². The van der Waals surface area contributed by atoms with Gasteiger partial charge in [0.1, 0.15) is 0 Å². The van der Waals surface area contributed by atoms with Crippen LogP contribution in [0.5, 0.6) is 0 Å². The van der Waals surface area contributed by atoms with Crippen LogP contribution < -0.4 is 0 Å². The summed E-state index contributed by atoms with van der Waals surface area (Å²) in [7, 11) is 2.00. The van der Waals surface area contributed by atoms with E-state index in [1.165, 1.54) is 51.0 Å². The third-order valence-electron chi connectivity index (χ3n) is 2.47. The lowest BCUT2D eigenvalue weighted by molar-refractivity contribution is -0.138. The summed E-state index contributed by atoms with van der Waals surface area (Å²) in [5.41, 5.74) is 0. The summed E-state index contributed by atoms with van der Waals surface area (Å²) in [5, 5.41) is 30.1. The van der Waals surface area contributed by atoms with Crippen LogP contribution in [-0.2, 0) is 14.3 Å². The second kappa shape index (κ2) is 32.9. The van der Waals surface area contributed by atoms with Crippen molar-refractivity contribution in [2.75, 3.05) is 14.2 Å². The molecule has 0 bridgehead atoms. The predicted molar refractivity (Wildman–Crippen MR) is 94.6 cm³/mol. The molecule has 0 aliphatic heterocycles. The fourth-order valence-corrected chi connectivity index (χ4v) is 1.52. The highest BCUT2D eigenvalue weighted by Gasteiger charge is 1.99. The molecule has 1 rings (SSSR count). The Morgan fingerprint density at radius 2 is 1.04 bits per heavy atom. The molecule has 1 aliphatic carbocycles. The summed E-state index contributed by atoms with van der Waals surface area (Å²) in [4.78, 5) is 19.6. The quantitative estimate of drug-likeness (QED) is 0.542. The van der Waals surface area contributed by atoms with Gasteiger partial charge < -0.3 is 25.2 Å². The number of hydrogen-bond donors (Lipinski definition) is 4. The van der Waals surface area contributed by atoms with Gasteiger partial charge in [0.2, 0.25) is 0 Å². The van der Waals surface area contributed by atoms with Gasteiger partial charge in [-0.05, 0) is 6.42 Å². The number of aliphatic carboxylic acids is 2. The first-order valence-corrected chi connectivity index (χ1v) is 7.74. The Balaban J connectivity index is -0.000000117. The number of rotatable bonds is 6. The van der Waals surface area contributed by atoms with Crippen molar-refractivity contribution in [1.29, 1.82) is 0 Å². The van der Waals surface area contributed by atoms with E-state index in [4.69, 9.17) is 20.4 Å². The number of carboxylic acid groups (broad SMARTS) is 2. The molecule has 0 spiro atoms. The fraction of sp³-hybridized carbons (Fsp3) is 0.647. The van der Waals surface area contributed by atoms with E-state index < -0.39 is 11.9 Å². The van der Waals surface area contributed by atoms with Crippen molar-refractivity contribution < 1.29 is 34.8 Å². The van der Waals surface area contributed by atoms with Crippen LogP contribution in [0.1, 0.15) is 57.8 Å². The van der Waals surface area contributed by atoms with Gasteiger partial charge in [0.05, 0.1) is 12.5 Å². The topological polar surface area (TPSA) is 124 Å². The van der Waals surface area contributed by atoms with Gasteiger partial charge in [-0.15, -0.1) is 0 Å². The van der Waals surface area contributed by atoms with E-state index in [0.29, 0.717) is 0 Å². The maximum Gasteiger partial charge on any atom is 0.303 e. The van der Waals surface area contributed by atoms with E-state index in [2.05, 4.69) is 17.9 Å². The zero-order valence-electron chi connectivity index (χ0n) is 14.9. The van der Waals surface area contributed by atoms with E-state index >= 15 is 0 Å². The Morgan fingerprint density at radius 1 is 0.792 bits per heavy atom. The number of aliphatic hydroxyl groups is 2. The summed E-state index contributed by atoms with van der Waals surface area (Å²) in [5.74, 6) is -1.90. The van der Waals surface area contributed by atoms with Crippen molar-refractivity contribution in [2.24, 2.45) is 0 Å². The van der Waals surface area contributed by atoms with Crippen LogP contribution in [0, 0.1) is 0 Å². The maximum atomic E-state index is 9.79. The number of carboxylic acids is 2. The average Bonchev–Trinajstić information content (AvgIpc) is 2.61. The molecule has 144 valence electrons. The second-order valence-corrected chi connectivity index (χ2v) is 4.23. The molecule has 1 aliphatic rings. The molecule has 4 N–H and O–H groups in total. The molecule has 0 aromatic rings. The Bertz CT molecular complexity index is 243. The van der Waals surface area contributed by atoms with Crippen LogP contribution in [0.15, 0.2) is 25.7 Å². The van der Waals surface area contributed by atoms with Crippen molar-refractivity contribution in [3.8, 4) is 0 Å². The van der Waals surface area contributed by atoms with E-state index in [1.54, 1.807) is 0 Å². The van der Waals surface area contributed by atoms with Crippen molar-refractivity contribution >= 4 is 11.9 Å². The van der Waals surface area contributed by atoms with Crippen LogP contribution >= 0.6 is 0 Å². The molecule has 0 heterocycles. The smallest absolute Gasteiger partial charge is 0.303 e. The van der Waals surface area contributed by atoms with E-state index in [-0.39, 0.29) is 19.3 Å². The fourth-order valence-electron chi connectivity index (χ4n) is 1.52. The largest absolute Gasteiger partial charge is 0.481 e. The molecule has 1 fully saturated rings. The van der Waals surface area contributed by atoms with Gasteiger partial charge in [0, 0.05) is 27.1 Å². The second-order valence-electron chi connectivity index (χ2n) is 4.23. The Labute approximate surface area is 145 Å². The van der Waals surface area contributed by atoms with Gasteiger partial charge in [0.15, 0.2) is 0 Å². The number of carbonyl (C=O) groups is 2. The lowest BCUT2D eigenvalue weighted by Gasteiger charge is -2.05. The van der Waals surface area contributed by atoms with Crippen LogP contribution in [0.3, 0.4) is 0 Å². The molecule has 1 saturated carbocycles. The van der Waals surface area contributed by atoms with Crippen LogP contribution in [-0.4, -0.2) is 46.6 Å². The molecule has 0 aromatic heterocycles. The van der Waals surface area contributed by atoms with Gasteiger partial charge in [-0.25, -0.2) is 0 Å². The number of ether oxygens (including phenoxy) is 1. The lowest BCUT2D eigenvalue weighted by Crippen LogP contribution is -1.98.